The number of likely N-dealkylation sites (N-methyl/N-ethyl adjacent to an activating group) is 1. The van der Waals surface area contributed by atoms with E-state index in [9.17, 15) is 8.78 Å². The van der Waals surface area contributed by atoms with Gasteiger partial charge in [-0.1, -0.05) is 13.0 Å². The minimum atomic E-state index is -2.29. The fourth-order valence-corrected chi connectivity index (χ4v) is 2.98. The van der Waals surface area contributed by atoms with Gasteiger partial charge in [-0.2, -0.15) is 0 Å². The Balaban J connectivity index is 2.00. The third kappa shape index (κ3) is 2.70. The Morgan fingerprint density at radius 1 is 1.43 bits per heavy atom. The fourth-order valence-electron chi connectivity index (χ4n) is 2.98. The Kier molecular flexibility index (Phi) is 3.76. The lowest BCUT2D eigenvalue weighted by Gasteiger charge is -2.32. The van der Waals surface area contributed by atoms with Gasteiger partial charge in [0, 0.05) is 42.4 Å². The SMILES string of the molecule is CC(C(F)F)C1C=C(c2c[nH]c3ncccc23)CN(C)C1. The predicted octanol–water partition coefficient (Wildman–Crippen LogP) is 3.41. The number of aromatic amines is 1. The monoisotopic (exact) mass is 291 g/mol. The summed E-state index contributed by atoms with van der Waals surface area (Å²) in [5.74, 6) is -0.758. The Labute approximate surface area is 122 Å². The van der Waals surface area contributed by atoms with Crippen LogP contribution in [0, 0.1) is 11.8 Å². The number of H-pyrrole nitrogens is 1. The molecule has 5 heteroatoms. The van der Waals surface area contributed by atoms with Crippen molar-refractivity contribution in [2.75, 3.05) is 20.1 Å². The lowest BCUT2D eigenvalue weighted by Crippen LogP contribution is -2.35. The highest BCUT2D eigenvalue weighted by Gasteiger charge is 2.29. The summed E-state index contributed by atoms with van der Waals surface area (Å²) in [6.45, 7) is 3.07. The zero-order chi connectivity index (χ0) is 15.0. The van der Waals surface area contributed by atoms with E-state index in [1.807, 2.05) is 31.5 Å². The maximum Gasteiger partial charge on any atom is 0.241 e. The van der Waals surface area contributed by atoms with Crippen LogP contribution in [-0.4, -0.2) is 41.4 Å². The first-order chi connectivity index (χ1) is 10.1. The summed E-state index contributed by atoms with van der Waals surface area (Å²) < 4.78 is 26.0. The van der Waals surface area contributed by atoms with Crippen LogP contribution in [0.3, 0.4) is 0 Å². The molecule has 0 amide bonds. The van der Waals surface area contributed by atoms with E-state index in [-0.39, 0.29) is 5.92 Å². The summed E-state index contributed by atoms with van der Waals surface area (Å²) in [6, 6.07) is 3.90. The number of nitrogens with one attached hydrogen (secondary N) is 1. The largest absolute Gasteiger partial charge is 0.346 e. The molecular weight excluding hydrogens is 272 g/mol. The fraction of sp³-hybridized carbons (Fsp3) is 0.438. The van der Waals surface area contributed by atoms with Crippen molar-refractivity contribution in [3.63, 3.8) is 0 Å². The van der Waals surface area contributed by atoms with Crippen LogP contribution in [0.15, 0.2) is 30.6 Å². The minimum absolute atomic E-state index is 0.125. The second kappa shape index (κ2) is 5.56. The van der Waals surface area contributed by atoms with Gasteiger partial charge in [-0.15, -0.1) is 0 Å². The number of rotatable bonds is 3. The predicted molar refractivity (Wildman–Crippen MR) is 80.2 cm³/mol. The van der Waals surface area contributed by atoms with Gasteiger partial charge < -0.3 is 9.88 Å². The molecule has 0 saturated carbocycles. The molecule has 0 bridgehead atoms. The molecule has 2 unspecified atom stereocenters. The molecule has 0 saturated heterocycles. The van der Waals surface area contributed by atoms with Crippen molar-refractivity contribution in [3.8, 4) is 0 Å². The van der Waals surface area contributed by atoms with Crippen LogP contribution in [0.5, 0.6) is 0 Å². The molecule has 2 atom stereocenters. The highest BCUT2D eigenvalue weighted by atomic mass is 19.3. The molecule has 2 aromatic rings. The van der Waals surface area contributed by atoms with E-state index in [4.69, 9.17) is 0 Å². The van der Waals surface area contributed by atoms with Crippen molar-refractivity contribution in [1.29, 1.82) is 0 Å². The molecule has 0 fully saturated rings. The van der Waals surface area contributed by atoms with Crippen molar-refractivity contribution in [2.24, 2.45) is 11.8 Å². The first kappa shape index (κ1) is 14.2. The van der Waals surface area contributed by atoms with Gasteiger partial charge in [0.2, 0.25) is 6.43 Å². The zero-order valence-corrected chi connectivity index (χ0v) is 12.2. The number of hydrogen-bond donors (Lipinski definition) is 1. The van der Waals surface area contributed by atoms with Crippen LogP contribution in [0.4, 0.5) is 8.78 Å². The highest BCUT2D eigenvalue weighted by Crippen LogP contribution is 2.32. The maximum absolute atomic E-state index is 13.0. The minimum Gasteiger partial charge on any atom is -0.346 e. The number of fused-ring (bicyclic) bond motifs is 1. The van der Waals surface area contributed by atoms with Crippen molar-refractivity contribution < 1.29 is 8.78 Å². The van der Waals surface area contributed by atoms with Crippen LogP contribution in [0.2, 0.25) is 0 Å². The summed E-state index contributed by atoms with van der Waals surface area (Å²) in [7, 11) is 1.98. The first-order valence-corrected chi connectivity index (χ1v) is 7.16. The van der Waals surface area contributed by atoms with E-state index in [2.05, 4.69) is 14.9 Å². The number of nitrogens with zero attached hydrogens (tertiary/aromatic N) is 2. The molecule has 1 aliphatic rings. The van der Waals surface area contributed by atoms with E-state index in [0.717, 1.165) is 28.7 Å². The van der Waals surface area contributed by atoms with Crippen LogP contribution in [0.1, 0.15) is 12.5 Å². The molecule has 3 heterocycles. The third-order valence-corrected chi connectivity index (χ3v) is 4.25. The Hall–Kier alpha value is -1.75. The molecule has 112 valence electrons. The quantitative estimate of drug-likeness (QED) is 0.939. The van der Waals surface area contributed by atoms with Gasteiger partial charge in [-0.3, -0.25) is 0 Å². The third-order valence-electron chi connectivity index (χ3n) is 4.25. The van der Waals surface area contributed by atoms with Gasteiger partial charge >= 0.3 is 0 Å². The molecule has 3 rings (SSSR count). The smallest absolute Gasteiger partial charge is 0.241 e. The summed E-state index contributed by atoms with van der Waals surface area (Å²) in [5, 5.41) is 1.04. The average Bonchev–Trinajstić information content (AvgIpc) is 2.89. The molecule has 1 N–H and O–H groups in total. The van der Waals surface area contributed by atoms with Crippen molar-refractivity contribution in [2.45, 2.75) is 13.3 Å². The number of aromatic nitrogens is 2. The van der Waals surface area contributed by atoms with Crippen LogP contribution in [-0.2, 0) is 0 Å². The topological polar surface area (TPSA) is 31.9 Å². The zero-order valence-electron chi connectivity index (χ0n) is 12.2. The van der Waals surface area contributed by atoms with Gasteiger partial charge in [0.25, 0.3) is 0 Å². The number of pyridine rings is 1. The standard InChI is InChI=1S/C16H19F2N3/c1-10(15(17)18)11-6-12(9-21(2)8-11)14-7-20-16-13(14)4-3-5-19-16/h3-7,10-11,15H,8-9H2,1-2H3,(H,19,20). The van der Waals surface area contributed by atoms with Crippen LogP contribution in [0.25, 0.3) is 16.6 Å². The summed E-state index contributed by atoms with van der Waals surface area (Å²) >= 11 is 0. The second-order valence-electron chi connectivity index (χ2n) is 5.85. The Morgan fingerprint density at radius 2 is 2.24 bits per heavy atom. The highest BCUT2D eigenvalue weighted by molar-refractivity contribution is 5.91. The van der Waals surface area contributed by atoms with E-state index in [0.29, 0.717) is 6.54 Å². The Bertz CT molecular complexity index is 662. The van der Waals surface area contributed by atoms with Crippen LogP contribution >= 0.6 is 0 Å². The lowest BCUT2D eigenvalue weighted by atomic mass is 9.87. The molecule has 1 aliphatic heterocycles. The van der Waals surface area contributed by atoms with E-state index in [1.165, 1.54) is 0 Å². The molecule has 21 heavy (non-hydrogen) atoms. The first-order valence-electron chi connectivity index (χ1n) is 7.16. The average molecular weight is 291 g/mol. The van der Waals surface area contributed by atoms with Crippen LogP contribution < -0.4 is 0 Å². The molecule has 2 aromatic heterocycles. The molecule has 0 aliphatic carbocycles. The molecule has 3 nitrogen and oxygen atoms in total. The van der Waals surface area contributed by atoms with Gasteiger partial charge in [-0.05, 0) is 30.7 Å². The molecule has 0 radical (unpaired) electrons. The Morgan fingerprint density at radius 3 is 3.00 bits per heavy atom. The second-order valence-corrected chi connectivity index (χ2v) is 5.85. The van der Waals surface area contributed by atoms with E-state index >= 15 is 0 Å². The summed E-state index contributed by atoms with van der Waals surface area (Å²) in [6.07, 6.45) is 3.40. The summed E-state index contributed by atoms with van der Waals surface area (Å²) in [5.41, 5.74) is 3.00. The van der Waals surface area contributed by atoms with Crippen molar-refractivity contribution in [1.82, 2.24) is 14.9 Å². The van der Waals surface area contributed by atoms with Gasteiger partial charge in [0.1, 0.15) is 5.65 Å². The van der Waals surface area contributed by atoms with E-state index < -0.39 is 12.3 Å². The number of alkyl halides is 2. The molecule has 0 aromatic carbocycles. The van der Waals surface area contributed by atoms with Gasteiger partial charge in [0.15, 0.2) is 0 Å². The number of hydrogen-bond acceptors (Lipinski definition) is 2. The van der Waals surface area contributed by atoms with Crippen molar-refractivity contribution >= 4 is 16.6 Å². The van der Waals surface area contributed by atoms with E-state index in [1.54, 1.807) is 13.1 Å². The molecule has 0 spiro atoms. The lowest BCUT2D eigenvalue weighted by molar-refractivity contribution is 0.0559. The van der Waals surface area contributed by atoms with Gasteiger partial charge in [0.05, 0.1) is 0 Å². The number of halogens is 2. The normalized spacial score (nSPS) is 21.8. The van der Waals surface area contributed by atoms with Gasteiger partial charge in [-0.25, -0.2) is 13.8 Å². The molecular formula is C16H19F2N3. The van der Waals surface area contributed by atoms with Crippen molar-refractivity contribution in [3.05, 3.63) is 36.2 Å². The maximum atomic E-state index is 13.0. The summed E-state index contributed by atoms with van der Waals surface area (Å²) in [4.78, 5) is 9.54.